The molecule has 68 valence electrons. The van der Waals surface area contributed by atoms with Crippen LogP contribution < -0.4 is 11.5 Å². The number of benzene rings is 1. The van der Waals surface area contributed by atoms with Crippen molar-refractivity contribution >= 4 is 17.0 Å². The minimum absolute atomic E-state index is 0.333. The van der Waals surface area contributed by atoms with Gasteiger partial charge in [0.25, 0.3) is 0 Å². The number of guanidine groups is 1. The Morgan fingerprint density at radius 1 is 1.31 bits per heavy atom. The van der Waals surface area contributed by atoms with E-state index in [9.17, 15) is 0 Å². The van der Waals surface area contributed by atoms with Gasteiger partial charge in [-0.25, -0.2) is 4.98 Å². The number of imidazole rings is 1. The lowest BCUT2D eigenvalue weighted by atomic mass is 10.3. The Morgan fingerprint density at radius 2 is 1.92 bits per heavy atom. The normalized spacial score (nSPS) is 8.92. The van der Waals surface area contributed by atoms with E-state index in [-0.39, 0.29) is 5.96 Å². The van der Waals surface area contributed by atoms with Crippen LogP contribution in [0.25, 0.3) is 11.0 Å². The lowest BCUT2D eigenvalue weighted by Gasteiger charge is -1.81. The van der Waals surface area contributed by atoms with Crippen molar-refractivity contribution in [3.8, 4) is 0 Å². The summed E-state index contributed by atoms with van der Waals surface area (Å²) >= 11 is 0. The quantitative estimate of drug-likeness (QED) is 0.346. The lowest BCUT2D eigenvalue weighted by molar-refractivity contribution is 1.34. The number of H-pyrrole nitrogens is 1. The molecule has 5 heteroatoms. The minimum Gasteiger partial charge on any atom is -0.370 e. The summed E-state index contributed by atoms with van der Waals surface area (Å²) < 4.78 is 0. The smallest absolute Gasteiger partial charge is 0.183 e. The van der Waals surface area contributed by atoms with Crippen LogP contribution in [0.1, 0.15) is 0 Å². The van der Waals surface area contributed by atoms with Crippen LogP contribution in [-0.2, 0) is 0 Å². The first-order valence-corrected chi connectivity index (χ1v) is 3.68. The van der Waals surface area contributed by atoms with E-state index in [2.05, 4.69) is 21.4 Å². The SMILES string of the molecule is N=C(N)N.c1ccc2[nH]cnc2c1. The highest BCUT2D eigenvalue weighted by Gasteiger charge is 1.88. The molecule has 6 N–H and O–H groups in total. The number of nitrogens with one attached hydrogen (secondary N) is 2. The summed E-state index contributed by atoms with van der Waals surface area (Å²) in [5.41, 5.74) is 11.1. The predicted molar refractivity (Wildman–Crippen MR) is 52.2 cm³/mol. The average molecular weight is 177 g/mol. The molecule has 0 aliphatic heterocycles. The lowest BCUT2D eigenvalue weighted by Crippen LogP contribution is -2.20. The second kappa shape index (κ2) is 4.10. The number of hydrogen-bond acceptors (Lipinski definition) is 2. The number of nitrogens with two attached hydrogens (primary N) is 2. The van der Waals surface area contributed by atoms with Gasteiger partial charge in [0.15, 0.2) is 5.96 Å². The molecule has 0 bridgehead atoms. The molecular weight excluding hydrogens is 166 g/mol. The van der Waals surface area contributed by atoms with E-state index in [1.165, 1.54) is 0 Å². The van der Waals surface area contributed by atoms with Crippen LogP contribution in [0.15, 0.2) is 30.6 Å². The second-order valence-corrected chi connectivity index (χ2v) is 2.38. The van der Waals surface area contributed by atoms with E-state index < -0.39 is 0 Å². The summed E-state index contributed by atoms with van der Waals surface area (Å²) in [4.78, 5) is 7.07. The van der Waals surface area contributed by atoms with Gasteiger partial charge in [-0.05, 0) is 12.1 Å². The van der Waals surface area contributed by atoms with E-state index in [1.54, 1.807) is 6.33 Å². The van der Waals surface area contributed by atoms with Gasteiger partial charge in [-0.3, -0.25) is 5.41 Å². The van der Waals surface area contributed by atoms with Gasteiger partial charge in [-0.15, -0.1) is 0 Å². The summed E-state index contributed by atoms with van der Waals surface area (Å²) in [7, 11) is 0. The zero-order chi connectivity index (χ0) is 9.68. The van der Waals surface area contributed by atoms with Crippen molar-refractivity contribution in [1.29, 1.82) is 5.41 Å². The van der Waals surface area contributed by atoms with Crippen molar-refractivity contribution in [2.75, 3.05) is 0 Å². The number of aromatic amines is 1. The maximum absolute atomic E-state index is 6.06. The predicted octanol–water partition coefficient (Wildman–Crippen LogP) is 0.401. The summed E-state index contributed by atoms with van der Waals surface area (Å²) in [6.45, 7) is 0. The van der Waals surface area contributed by atoms with E-state index in [1.807, 2.05) is 24.3 Å². The molecule has 0 saturated heterocycles. The van der Waals surface area contributed by atoms with Gasteiger partial charge in [0.05, 0.1) is 17.4 Å². The molecule has 0 amide bonds. The first kappa shape index (κ1) is 9.05. The molecule has 2 aromatic rings. The van der Waals surface area contributed by atoms with E-state index in [4.69, 9.17) is 5.41 Å². The fraction of sp³-hybridized carbons (Fsp3) is 0. The summed E-state index contributed by atoms with van der Waals surface area (Å²) in [5.74, 6) is -0.333. The molecule has 0 saturated carbocycles. The molecule has 5 nitrogen and oxygen atoms in total. The number of hydrogen-bond donors (Lipinski definition) is 4. The third-order valence-electron chi connectivity index (χ3n) is 1.33. The molecule has 1 heterocycles. The number of aromatic nitrogens is 2. The molecule has 0 aliphatic rings. The zero-order valence-corrected chi connectivity index (χ0v) is 6.99. The van der Waals surface area contributed by atoms with Crippen LogP contribution in [0.5, 0.6) is 0 Å². The summed E-state index contributed by atoms with van der Waals surface area (Å²) in [6.07, 6.45) is 1.70. The van der Waals surface area contributed by atoms with Gasteiger partial charge >= 0.3 is 0 Å². The second-order valence-electron chi connectivity index (χ2n) is 2.38. The number of nitrogens with zero attached hydrogens (tertiary/aromatic N) is 1. The highest BCUT2D eigenvalue weighted by molar-refractivity contribution is 5.73. The first-order chi connectivity index (χ1) is 6.20. The molecule has 0 atom stereocenters. The first-order valence-electron chi connectivity index (χ1n) is 3.68. The van der Waals surface area contributed by atoms with E-state index in [0.717, 1.165) is 11.0 Å². The summed E-state index contributed by atoms with van der Waals surface area (Å²) in [5, 5.41) is 6.06. The highest BCUT2D eigenvalue weighted by Crippen LogP contribution is 2.05. The molecule has 0 unspecified atom stereocenters. The monoisotopic (exact) mass is 177 g/mol. The van der Waals surface area contributed by atoms with E-state index >= 15 is 0 Å². The number of para-hydroxylation sites is 2. The fourth-order valence-electron chi connectivity index (χ4n) is 0.880. The average Bonchev–Trinajstić information content (AvgIpc) is 2.49. The van der Waals surface area contributed by atoms with Crippen molar-refractivity contribution in [3.63, 3.8) is 0 Å². The van der Waals surface area contributed by atoms with Crippen molar-refractivity contribution < 1.29 is 0 Å². The van der Waals surface area contributed by atoms with Gasteiger partial charge < -0.3 is 16.5 Å². The maximum atomic E-state index is 6.06. The van der Waals surface area contributed by atoms with Crippen LogP contribution in [0, 0.1) is 5.41 Å². The topological polar surface area (TPSA) is 105 Å². The highest BCUT2D eigenvalue weighted by atomic mass is 14.9. The Hall–Kier alpha value is -2.04. The van der Waals surface area contributed by atoms with Crippen LogP contribution in [0.3, 0.4) is 0 Å². The Balaban J connectivity index is 0.000000184. The standard InChI is InChI=1S/C7H6N2.CH5N3/c1-2-4-7-6(3-1)8-5-9-7;2-1(3)4/h1-5H,(H,8,9);(H5,2,3,4). The molecule has 0 aliphatic carbocycles. The van der Waals surface area contributed by atoms with Gasteiger partial charge in [0.1, 0.15) is 0 Å². The largest absolute Gasteiger partial charge is 0.370 e. The van der Waals surface area contributed by atoms with Crippen molar-refractivity contribution in [3.05, 3.63) is 30.6 Å². The van der Waals surface area contributed by atoms with Gasteiger partial charge in [0.2, 0.25) is 0 Å². The minimum atomic E-state index is -0.333. The van der Waals surface area contributed by atoms with E-state index in [0.29, 0.717) is 0 Å². The molecule has 0 radical (unpaired) electrons. The van der Waals surface area contributed by atoms with Crippen molar-refractivity contribution in [2.45, 2.75) is 0 Å². The molecule has 13 heavy (non-hydrogen) atoms. The fourth-order valence-corrected chi connectivity index (χ4v) is 0.880. The number of rotatable bonds is 0. The molecule has 2 rings (SSSR count). The zero-order valence-electron chi connectivity index (χ0n) is 6.99. The Labute approximate surface area is 75.3 Å². The van der Waals surface area contributed by atoms with Gasteiger partial charge in [-0.2, -0.15) is 0 Å². The Morgan fingerprint density at radius 3 is 2.54 bits per heavy atom. The van der Waals surface area contributed by atoms with Crippen molar-refractivity contribution in [2.24, 2.45) is 11.5 Å². The Kier molecular flexibility index (Phi) is 2.86. The van der Waals surface area contributed by atoms with Crippen LogP contribution >= 0.6 is 0 Å². The molecule has 1 aromatic heterocycles. The Bertz CT molecular complexity index is 358. The third kappa shape index (κ3) is 2.82. The maximum Gasteiger partial charge on any atom is 0.183 e. The van der Waals surface area contributed by atoms with Crippen LogP contribution in [0.2, 0.25) is 0 Å². The molecule has 1 aromatic carbocycles. The summed E-state index contributed by atoms with van der Waals surface area (Å²) in [6, 6.07) is 7.94. The van der Waals surface area contributed by atoms with Crippen molar-refractivity contribution in [1.82, 2.24) is 9.97 Å². The van der Waals surface area contributed by atoms with Gasteiger partial charge in [-0.1, -0.05) is 12.1 Å². The molecule has 0 fully saturated rings. The van der Waals surface area contributed by atoms with Gasteiger partial charge in [0, 0.05) is 0 Å². The number of fused-ring (bicyclic) bond motifs is 1. The van der Waals surface area contributed by atoms with Crippen LogP contribution in [-0.4, -0.2) is 15.9 Å². The molecular formula is C8H11N5. The van der Waals surface area contributed by atoms with Crippen LogP contribution in [0.4, 0.5) is 0 Å². The third-order valence-corrected chi connectivity index (χ3v) is 1.33. The molecule has 0 spiro atoms.